The summed E-state index contributed by atoms with van der Waals surface area (Å²) in [7, 11) is 0. The Bertz CT molecular complexity index is 2440. The van der Waals surface area contributed by atoms with Crippen LogP contribution in [0.5, 0.6) is 0 Å². The van der Waals surface area contributed by atoms with Crippen molar-refractivity contribution in [2.45, 2.75) is 0 Å². The number of aromatic nitrogens is 1. The van der Waals surface area contributed by atoms with Crippen LogP contribution in [0, 0.1) is 0 Å². The summed E-state index contributed by atoms with van der Waals surface area (Å²) in [6.07, 6.45) is 1.97. The Morgan fingerprint density at radius 3 is 2.13 bits per heavy atom. The normalized spacial score (nSPS) is 11.7. The third-order valence-corrected chi connectivity index (χ3v) is 8.91. The molecule has 8 aromatic rings. The molecule has 1 heterocycles. The van der Waals surface area contributed by atoms with Crippen LogP contribution < -0.4 is 11.2 Å². The molecule has 0 spiro atoms. The average Bonchev–Trinajstić information content (AvgIpc) is 3.48. The Labute approximate surface area is 273 Å². The van der Waals surface area contributed by atoms with Crippen molar-refractivity contribution in [2.75, 3.05) is 5.32 Å². The van der Waals surface area contributed by atoms with Gasteiger partial charge in [-0.2, -0.15) is 5.10 Å². The Kier molecular flexibility index (Phi) is 7.08. The summed E-state index contributed by atoms with van der Waals surface area (Å²) in [4.78, 5) is 0. The number of nitrogens with zero attached hydrogens (tertiary/aromatic N) is 2. The Hall–Kier alpha value is -6.39. The van der Waals surface area contributed by atoms with Crippen molar-refractivity contribution < 1.29 is 0 Å². The maximum absolute atomic E-state index is 5.97. The van der Waals surface area contributed by atoms with Gasteiger partial charge in [-0.05, 0) is 52.9 Å². The molecule has 4 nitrogen and oxygen atoms in total. The van der Waals surface area contributed by atoms with Crippen molar-refractivity contribution in [3.8, 4) is 16.8 Å². The summed E-state index contributed by atoms with van der Waals surface area (Å²) in [6.45, 7) is 4.26. The summed E-state index contributed by atoms with van der Waals surface area (Å²) in [5, 5.41) is 12.6. The van der Waals surface area contributed by atoms with Gasteiger partial charge in [0.15, 0.2) is 0 Å². The number of hydrogen-bond acceptors (Lipinski definition) is 3. The first-order valence-electron chi connectivity index (χ1n) is 15.7. The lowest BCUT2D eigenvalue weighted by molar-refractivity contribution is 1.19. The number of hydrazone groups is 1. The zero-order chi connectivity index (χ0) is 31.7. The zero-order valence-corrected chi connectivity index (χ0v) is 25.8. The summed E-state index contributed by atoms with van der Waals surface area (Å²) in [5.41, 5.74) is 11.4. The van der Waals surface area contributed by atoms with Crippen molar-refractivity contribution in [3.63, 3.8) is 0 Å². The molecule has 0 aliphatic heterocycles. The van der Waals surface area contributed by atoms with Crippen molar-refractivity contribution in [1.82, 2.24) is 4.57 Å². The monoisotopic (exact) mass is 604 g/mol. The number of anilines is 2. The second-order valence-corrected chi connectivity index (χ2v) is 11.6. The number of benzene rings is 7. The number of hydrogen-bond donors (Lipinski definition) is 2. The third-order valence-electron chi connectivity index (χ3n) is 8.91. The maximum atomic E-state index is 5.97. The molecule has 1 aromatic heterocycles. The van der Waals surface area contributed by atoms with Gasteiger partial charge in [0.05, 0.1) is 16.7 Å². The van der Waals surface area contributed by atoms with Crippen LogP contribution in [0.1, 0.15) is 16.7 Å². The van der Waals surface area contributed by atoms with Crippen molar-refractivity contribution in [2.24, 2.45) is 10.9 Å². The topological polar surface area (TPSA) is 55.3 Å². The van der Waals surface area contributed by atoms with Gasteiger partial charge in [-0.15, -0.1) is 0 Å². The summed E-state index contributed by atoms with van der Waals surface area (Å²) < 4.78 is 2.39. The van der Waals surface area contributed by atoms with Crippen molar-refractivity contribution >= 4 is 55.7 Å². The molecule has 0 atom stereocenters. The molecule has 0 radical (unpaired) electrons. The van der Waals surface area contributed by atoms with Gasteiger partial charge in [-0.1, -0.05) is 134 Å². The van der Waals surface area contributed by atoms with Gasteiger partial charge in [-0.3, -0.25) is 0 Å². The fourth-order valence-electron chi connectivity index (χ4n) is 6.79. The molecule has 4 heteroatoms. The SMILES string of the molecule is C=Cc1c(Nc2ccccc2)ccc2c1c1ccc3ccccc3c1n2-c1ccc(-c2ccccc2/C(=N\N)c2ccccc2)cc1. The molecule has 0 aliphatic carbocycles. The van der Waals surface area contributed by atoms with Crippen molar-refractivity contribution in [1.29, 1.82) is 0 Å². The highest BCUT2D eigenvalue weighted by molar-refractivity contribution is 6.21. The molecule has 7 aromatic carbocycles. The fraction of sp³-hybridized carbons (Fsp3) is 0. The molecule has 0 saturated carbocycles. The Morgan fingerprint density at radius 2 is 1.36 bits per heavy atom. The largest absolute Gasteiger partial charge is 0.355 e. The van der Waals surface area contributed by atoms with E-state index in [-0.39, 0.29) is 0 Å². The standard InChI is InChI=1S/C43H32N4/c1-2-34-39(45-32-16-7-4-8-17-32)27-28-40-41(34)38-26-23-29-13-9-10-19-36(29)43(38)47(40)33-24-21-30(22-25-33)35-18-11-12-20-37(35)42(46-44)31-14-5-3-6-15-31/h2-28,45H,1,44H2/b46-42-. The molecule has 0 bridgehead atoms. The van der Waals surface area contributed by atoms with E-state index in [1.165, 1.54) is 27.1 Å². The van der Waals surface area contributed by atoms with Crippen LogP contribution in [0.3, 0.4) is 0 Å². The molecule has 3 N–H and O–H groups in total. The van der Waals surface area contributed by atoms with E-state index in [0.717, 1.165) is 56.1 Å². The van der Waals surface area contributed by atoms with Gasteiger partial charge in [0.2, 0.25) is 0 Å². The van der Waals surface area contributed by atoms with Crippen LogP contribution in [0.2, 0.25) is 0 Å². The van der Waals surface area contributed by atoms with Gasteiger partial charge in [-0.25, -0.2) is 0 Å². The molecule has 0 unspecified atom stereocenters. The highest BCUT2D eigenvalue weighted by Gasteiger charge is 2.19. The average molecular weight is 605 g/mol. The molecule has 0 amide bonds. The van der Waals surface area contributed by atoms with Crippen LogP contribution >= 0.6 is 0 Å². The minimum absolute atomic E-state index is 0.760. The minimum Gasteiger partial charge on any atom is -0.355 e. The first-order valence-corrected chi connectivity index (χ1v) is 15.7. The van der Waals surface area contributed by atoms with Crippen LogP contribution in [0.4, 0.5) is 11.4 Å². The minimum atomic E-state index is 0.760. The van der Waals surface area contributed by atoms with E-state index in [1.54, 1.807) is 0 Å². The van der Waals surface area contributed by atoms with Gasteiger partial charge >= 0.3 is 0 Å². The molecule has 0 aliphatic rings. The Morgan fingerprint density at radius 1 is 0.660 bits per heavy atom. The van der Waals surface area contributed by atoms with Gasteiger partial charge in [0.1, 0.15) is 0 Å². The van der Waals surface area contributed by atoms with Crippen LogP contribution in [-0.2, 0) is 0 Å². The number of rotatable bonds is 7. The van der Waals surface area contributed by atoms with Gasteiger partial charge in [0.25, 0.3) is 0 Å². The van der Waals surface area contributed by atoms with E-state index in [4.69, 9.17) is 5.84 Å². The lowest BCUT2D eigenvalue weighted by Gasteiger charge is -2.14. The third kappa shape index (κ3) is 4.84. The van der Waals surface area contributed by atoms with Crippen LogP contribution in [-0.4, -0.2) is 10.3 Å². The van der Waals surface area contributed by atoms with Gasteiger partial charge < -0.3 is 15.7 Å². The summed E-state index contributed by atoms with van der Waals surface area (Å²) >= 11 is 0. The predicted octanol–water partition coefficient (Wildman–Crippen LogP) is 10.7. The lowest BCUT2D eigenvalue weighted by Crippen LogP contribution is -2.08. The first-order chi connectivity index (χ1) is 23.2. The summed E-state index contributed by atoms with van der Waals surface area (Å²) in [6, 6.07) is 54.9. The van der Waals surface area contributed by atoms with Crippen molar-refractivity contribution in [3.05, 3.63) is 181 Å². The highest BCUT2D eigenvalue weighted by atomic mass is 15.1. The Balaban J connectivity index is 1.32. The number of para-hydroxylation sites is 1. The molecule has 0 fully saturated rings. The molecular weight excluding hydrogens is 573 g/mol. The van der Waals surface area contributed by atoms with Crippen LogP contribution in [0.15, 0.2) is 169 Å². The second kappa shape index (κ2) is 11.8. The lowest BCUT2D eigenvalue weighted by atomic mass is 9.93. The van der Waals surface area contributed by atoms with E-state index in [9.17, 15) is 0 Å². The maximum Gasteiger partial charge on any atom is 0.0977 e. The summed E-state index contributed by atoms with van der Waals surface area (Å²) in [5.74, 6) is 5.97. The highest BCUT2D eigenvalue weighted by Crippen LogP contribution is 2.41. The number of nitrogens with one attached hydrogen (secondary N) is 1. The molecule has 8 rings (SSSR count). The first kappa shape index (κ1) is 28.1. The zero-order valence-electron chi connectivity index (χ0n) is 25.8. The molecular formula is C43H32N4. The van der Waals surface area contributed by atoms with E-state index in [2.05, 4.69) is 125 Å². The van der Waals surface area contributed by atoms with Crippen LogP contribution in [0.25, 0.3) is 55.5 Å². The van der Waals surface area contributed by atoms with E-state index >= 15 is 0 Å². The predicted molar refractivity (Wildman–Crippen MR) is 200 cm³/mol. The quantitative estimate of drug-likeness (QED) is 0.108. The van der Waals surface area contributed by atoms with E-state index < -0.39 is 0 Å². The fourth-order valence-corrected chi connectivity index (χ4v) is 6.79. The smallest absolute Gasteiger partial charge is 0.0977 e. The molecule has 0 saturated heterocycles. The number of nitrogens with two attached hydrogens (primary N) is 1. The second-order valence-electron chi connectivity index (χ2n) is 11.6. The van der Waals surface area contributed by atoms with Gasteiger partial charge in [0, 0.05) is 49.9 Å². The molecule has 47 heavy (non-hydrogen) atoms. The number of fused-ring (bicyclic) bond motifs is 5. The van der Waals surface area contributed by atoms with E-state index in [1.807, 2.05) is 60.7 Å². The molecule has 224 valence electrons. The van der Waals surface area contributed by atoms with E-state index in [0.29, 0.717) is 0 Å².